The van der Waals surface area contributed by atoms with Gasteiger partial charge in [-0.25, -0.2) is 17.9 Å². The fourth-order valence-electron chi connectivity index (χ4n) is 1.40. The fourth-order valence-corrected chi connectivity index (χ4v) is 2.13. The molecule has 0 bridgehead atoms. The average Bonchev–Trinajstić information content (AvgIpc) is 2.35. The van der Waals surface area contributed by atoms with Gasteiger partial charge in [0.05, 0.1) is 23.5 Å². The predicted octanol–water partition coefficient (Wildman–Crippen LogP) is 1.29. The number of ether oxygens (including phenoxy) is 1. The van der Waals surface area contributed by atoms with Crippen LogP contribution in [0.3, 0.4) is 0 Å². The molecule has 0 saturated heterocycles. The molecule has 22 heavy (non-hydrogen) atoms. The first-order valence-corrected chi connectivity index (χ1v) is 7.33. The summed E-state index contributed by atoms with van der Waals surface area (Å²) in [6.07, 6.45) is 1.19. The lowest BCUT2D eigenvalue weighted by Gasteiger charge is -2.16. The molecule has 0 aliphatic carbocycles. The monoisotopic (exact) mass is 342 g/mol. The van der Waals surface area contributed by atoms with E-state index in [1.165, 1.54) is 24.8 Å². The van der Waals surface area contributed by atoms with Crippen LogP contribution in [0.15, 0.2) is 12.3 Å². The molecule has 1 aromatic heterocycles. The zero-order valence-corrected chi connectivity index (χ0v) is 12.3. The van der Waals surface area contributed by atoms with E-state index in [-0.39, 0.29) is 17.0 Å². The summed E-state index contributed by atoms with van der Waals surface area (Å²) in [5.74, 6) is -1.23. The average molecular weight is 342 g/mol. The summed E-state index contributed by atoms with van der Waals surface area (Å²) in [6.45, 7) is 2.20. The molecule has 7 nitrogen and oxygen atoms in total. The van der Waals surface area contributed by atoms with E-state index >= 15 is 0 Å². The van der Waals surface area contributed by atoms with Gasteiger partial charge in [-0.3, -0.25) is 4.98 Å². The molecule has 1 rings (SSSR count). The molecule has 0 spiro atoms. The largest absolute Gasteiger partial charge is 0.511 e. The van der Waals surface area contributed by atoms with Crippen LogP contribution in [0.4, 0.5) is 13.2 Å². The first-order valence-electron chi connectivity index (χ1n) is 5.85. The summed E-state index contributed by atoms with van der Waals surface area (Å²) in [5.41, 5.74) is -5.30. The van der Waals surface area contributed by atoms with Gasteiger partial charge in [0, 0.05) is 0 Å². The van der Waals surface area contributed by atoms with Crippen LogP contribution in [0.5, 0.6) is 5.75 Å². The summed E-state index contributed by atoms with van der Waals surface area (Å²) in [6, 6.07) is -0.0310. The number of nitrogens with zero attached hydrogens (tertiary/aromatic N) is 1. The number of carboxylic acid groups (broad SMARTS) is 1. The van der Waals surface area contributed by atoms with E-state index in [9.17, 15) is 26.4 Å². The molecule has 2 N–H and O–H groups in total. The number of alkyl halides is 3. The van der Waals surface area contributed by atoms with Crippen molar-refractivity contribution in [1.29, 1.82) is 0 Å². The van der Waals surface area contributed by atoms with Gasteiger partial charge in [-0.1, -0.05) is 0 Å². The van der Waals surface area contributed by atoms with Crippen molar-refractivity contribution >= 4 is 16.0 Å². The van der Waals surface area contributed by atoms with Crippen molar-refractivity contribution in [2.45, 2.75) is 25.4 Å². The van der Waals surface area contributed by atoms with Gasteiger partial charge in [0.1, 0.15) is 12.4 Å². The Kier molecular flexibility index (Phi) is 5.35. The molecule has 0 aromatic carbocycles. The molecular formula is C11H13F3N2O5S. The molecule has 0 saturated carbocycles. The van der Waals surface area contributed by atoms with Gasteiger partial charge >= 0.3 is 21.5 Å². The number of aromatic carboxylic acids is 1. The number of hydrogen-bond donors (Lipinski definition) is 2. The summed E-state index contributed by atoms with van der Waals surface area (Å²) in [7, 11) is -5.47. The third-order valence-electron chi connectivity index (χ3n) is 2.45. The highest BCUT2D eigenvalue weighted by Crippen LogP contribution is 2.22. The normalized spacial score (nSPS) is 13.7. The van der Waals surface area contributed by atoms with Crippen molar-refractivity contribution in [3.8, 4) is 5.75 Å². The van der Waals surface area contributed by atoms with E-state index in [0.29, 0.717) is 0 Å². The maximum Gasteiger partial charge on any atom is 0.511 e. The topological polar surface area (TPSA) is 106 Å². The smallest absolute Gasteiger partial charge is 0.490 e. The minimum atomic E-state index is -5.47. The first kappa shape index (κ1) is 18.2. The zero-order valence-electron chi connectivity index (χ0n) is 11.5. The fraction of sp³-hybridized carbons (Fsp3) is 0.455. The molecule has 0 aliphatic rings. The van der Waals surface area contributed by atoms with Crippen molar-refractivity contribution in [1.82, 2.24) is 9.71 Å². The summed E-state index contributed by atoms with van der Waals surface area (Å²) < 4.78 is 64.7. The van der Waals surface area contributed by atoms with Crippen LogP contribution in [0.25, 0.3) is 0 Å². The molecule has 1 unspecified atom stereocenters. The Morgan fingerprint density at radius 1 is 1.50 bits per heavy atom. The number of hydrogen-bond acceptors (Lipinski definition) is 5. The van der Waals surface area contributed by atoms with E-state index in [2.05, 4.69) is 4.98 Å². The molecule has 1 aromatic rings. The van der Waals surface area contributed by atoms with Crippen molar-refractivity contribution in [3.63, 3.8) is 0 Å². The van der Waals surface area contributed by atoms with E-state index in [0.717, 1.165) is 6.07 Å². The van der Waals surface area contributed by atoms with Crippen LogP contribution in [0.1, 0.15) is 23.0 Å². The minimum Gasteiger partial charge on any atom is -0.490 e. The van der Waals surface area contributed by atoms with Gasteiger partial charge in [-0.05, 0) is 19.9 Å². The lowest BCUT2D eigenvalue weighted by atomic mass is 10.2. The Hall–Kier alpha value is -1.88. The maximum atomic E-state index is 12.2. The molecule has 1 heterocycles. The predicted molar refractivity (Wildman–Crippen MR) is 69.0 cm³/mol. The number of nitrogens with one attached hydrogen (secondary N) is 1. The number of carbonyl (C=O) groups is 1. The molecule has 0 aliphatic heterocycles. The van der Waals surface area contributed by atoms with E-state index in [1.54, 1.807) is 0 Å². The second-order valence-corrected chi connectivity index (χ2v) is 6.09. The van der Waals surface area contributed by atoms with Crippen molar-refractivity contribution < 1.29 is 36.2 Å². The van der Waals surface area contributed by atoms with Crippen LogP contribution < -0.4 is 9.46 Å². The maximum absolute atomic E-state index is 12.2. The zero-order chi connectivity index (χ0) is 17.1. The Bertz CT molecular complexity index is 660. The Labute approximate surface area is 124 Å². The molecule has 0 fully saturated rings. The highest BCUT2D eigenvalue weighted by molar-refractivity contribution is 7.90. The number of pyridine rings is 1. The van der Waals surface area contributed by atoms with Gasteiger partial charge in [0.2, 0.25) is 0 Å². The molecule has 0 amide bonds. The molecule has 124 valence electrons. The van der Waals surface area contributed by atoms with Crippen molar-refractivity contribution in [2.75, 3.05) is 6.61 Å². The van der Waals surface area contributed by atoms with Crippen LogP contribution in [-0.4, -0.2) is 42.6 Å². The van der Waals surface area contributed by atoms with Crippen molar-refractivity contribution in [2.24, 2.45) is 0 Å². The quantitative estimate of drug-likeness (QED) is 0.807. The van der Waals surface area contributed by atoms with Crippen LogP contribution in [-0.2, 0) is 10.0 Å². The molecule has 1 atom stereocenters. The Balaban J connectivity index is 2.71. The standard InChI is InChI=1S/C11H13F3N2O5S/c1-6(16-22(19,20)11(12,13)14)5-21-8-3-9(10(17)18)7(2)15-4-8/h3-4,6,16H,5H2,1-2H3,(H,17,18). The number of aryl methyl sites for hydroxylation is 1. The lowest BCUT2D eigenvalue weighted by Crippen LogP contribution is -2.43. The highest BCUT2D eigenvalue weighted by atomic mass is 32.2. The first-order chi connectivity index (χ1) is 9.94. The number of carboxylic acids is 1. The van der Waals surface area contributed by atoms with E-state index in [1.807, 2.05) is 0 Å². The molecule has 11 heteroatoms. The number of halogens is 3. The Morgan fingerprint density at radius 3 is 2.59 bits per heavy atom. The summed E-state index contributed by atoms with van der Waals surface area (Å²) >= 11 is 0. The van der Waals surface area contributed by atoms with Gasteiger partial charge in [0.25, 0.3) is 0 Å². The van der Waals surface area contributed by atoms with E-state index in [4.69, 9.17) is 9.84 Å². The van der Waals surface area contributed by atoms with E-state index < -0.39 is 34.1 Å². The van der Waals surface area contributed by atoms with Gasteiger partial charge in [0.15, 0.2) is 0 Å². The minimum absolute atomic E-state index is 0.000978. The third-order valence-corrected chi connectivity index (χ3v) is 3.78. The van der Waals surface area contributed by atoms with Gasteiger partial charge in [-0.15, -0.1) is 0 Å². The summed E-state index contributed by atoms with van der Waals surface area (Å²) in [4.78, 5) is 14.7. The van der Waals surface area contributed by atoms with Crippen LogP contribution >= 0.6 is 0 Å². The second kappa shape index (κ2) is 6.48. The lowest BCUT2D eigenvalue weighted by molar-refractivity contribution is -0.0451. The van der Waals surface area contributed by atoms with Gasteiger partial charge in [-0.2, -0.15) is 13.2 Å². The third kappa shape index (κ3) is 4.56. The Morgan fingerprint density at radius 2 is 2.09 bits per heavy atom. The molecule has 0 radical (unpaired) electrons. The van der Waals surface area contributed by atoms with Gasteiger partial charge < -0.3 is 9.84 Å². The number of sulfonamides is 1. The second-order valence-electron chi connectivity index (χ2n) is 4.39. The summed E-state index contributed by atoms with van der Waals surface area (Å²) in [5, 5.41) is 8.90. The van der Waals surface area contributed by atoms with Crippen LogP contribution in [0, 0.1) is 6.92 Å². The highest BCUT2D eigenvalue weighted by Gasteiger charge is 2.46. The van der Waals surface area contributed by atoms with Crippen molar-refractivity contribution in [3.05, 3.63) is 23.5 Å². The molecular weight excluding hydrogens is 329 g/mol. The van der Waals surface area contributed by atoms with Crippen LogP contribution in [0.2, 0.25) is 0 Å². The number of aromatic nitrogens is 1. The SMILES string of the molecule is Cc1ncc(OCC(C)NS(=O)(=O)C(F)(F)F)cc1C(=O)O. The number of rotatable bonds is 6.